The molecule has 0 saturated heterocycles. The summed E-state index contributed by atoms with van der Waals surface area (Å²) in [5, 5.41) is 0. The van der Waals surface area contributed by atoms with E-state index in [1.165, 1.54) is 18.9 Å². The highest BCUT2D eigenvalue weighted by atomic mass is 16.6. The van der Waals surface area contributed by atoms with Crippen molar-refractivity contribution >= 4 is 35.8 Å². The molecule has 47 heavy (non-hydrogen) atoms. The second kappa shape index (κ2) is 18.8. The Balaban J connectivity index is 0.000000679. The standard InChI is InChI=1S/C14H18O3.C13H22O3.C11H20O3/c1-5-14(3,4)12-8-6-11(7-9-12)13(16)17-10(2)15;1-4-13(2,3)12(15)16-11(14)10-8-6-5-7-9-10;1-7-11(5,6)9(13)14-8(12)10(2,3)4/h6-9H,5H2,1-4H3;10H,4-9H2,1-3H3;7H2,1-6H3. The molecule has 0 amide bonds. The fourth-order valence-electron chi connectivity index (χ4n) is 3.77. The maximum Gasteiger partial charge on any atom is 0.345 e. The van der Waals surface area contributed by atoms with Crippen LogP contribution in [0.3, 0.4) is 0 Å². The van der Waals surface area contributed by atoms with Crippen LogP contribution in [0.15, 0.2) is 24.3 Å². The van der Waals surface area contributed by atoms with Crippen LogP contribution < -0.4 is 0 Å². The fraction of sp³-hybridized carbons (Fsp3) is 0.684. The fourth-order valence-corrected chi connectivity index (χ4v) is 3.77. The van der Waals surface area contributed by atoms with Gasteiger partial charge in [0.05, 0.1) is 27.7 Å². The van der Waals surface area contributed by atoms with Crippen LogP contribution in [-0.2, 0) is 43.6 Å². The lowest BCUT2D eigenvalue weighted by atomic mass is 9.82. The summed E-state index contributed by atoms with van der Waals surface area (Å²) < 4.78 is 14.3. The van der Waals surface area contributed by atoms with Gasteiger partial charge < -0.3 is 14.2 Å². The van der Waals surface area contributed by atoms with Crippen LogP contribution in [0, 0.1) is 22.2 Å². The van der Waals surface area contributed by atoms with Crippen molar-refractivity contribution in [2.75, 3.05) is 0 Å². The molecule has 0 atom stereocenters. The van der Waals surface area contributed by atoms with Crippen molar-refractivity contribution in [3.63, 3.8) is 0 Å². The van der Waals surface area contributed by atoms with Crippen LogP contribution in [0.2, 0.25) is 0 Å². The van der Waals surface area contributed by atoms with Gasteiger partial charge in [0.2, 0.25) is 0 Å². The molecule has 0 aliphatic heterocycles. The first kappa shape index (κ1) is 43.6. The van der Waals surface area contributed by atoms with Crippen molar-refractivity contribution in [3.05, 3.63) is 35.4 Å². The lowest BCUT2D eigenvalue weighted by Crippen LogP contribution is -2.33. The number of carbonyl (C=O) groups excluding carboxylic acids is 6. The van der Waals surface area contributed by atoms with Gasteiger partial charge in [0.1, 0.15) is 0 Å². The molecule has 1 aliphatic rings. The van der Waals surface area contributed by atoms with Gasteiger partial charge >= 0.3 is 35.8 Å². The minimum absolute atomic E-state index is 0.0506. The molecule has 9 heteroatoms. The van der Waals surface area contributed by atoms with Gasteiger partial charge in [-0.25, -0.2) is 4.79 Å². The molecular formula is C38H60O9. The third-order valence-electron chi connectivity index (χ3n) is 8.82. The molecule has 0 aromatic heterocycles. The largest absolute Gasteiger partial charge is 0.393 e. The molecule has 1 aliphatic carbocycles. The van der Waals surface area contributed by atoms with Crippen molar-refractivity contribution in [3.8, 4) is 0 Å². The summed E-state index contributed by atoms with van der Waals surface area (Å²) in [6, 6.07) is 7.19. The molecule has 0 N–H and O–H groups in total. The second-order valence-corrected chi connectivity index (χ2v) is 15.1. The number of hydrogen-bond acceptors (Lipinski definition) is 9. The van der Waals surface area contributed by atoms with E-state index in [-0.39, 0.29) is 23.3 Å². The summed E-state index contributed by atoms with van der Waals surface area (Å²) in [4.78, 5) is 68.4. The average molecular weight is 661 g/mol. The van der Waals surface area contributed by atoms with Crippen molar-refractivity contribution in [2.45, 2.75) is 147 Å². The van der Waals surface area contributed by atoms with E-state index in [0.717, 1.165) is 32.1 Å². The predicted molar refractivity (Wildman–Crippen MR) is 182 cm³/mol. The normalized spacial score (nSPS) is 13.9. The number of hydrogen-bond donors (Lipinski definition) is 0. The lowest BCUT2D eigenvalue weighted by molar-refractivity contribution is -0.172. The van der Waals surface area contributed by atoms with Crippen LogP contribution in [0.25, 0.3) is 0 Å². The zero-order valence-electron chi connectivity index (χ0n) is 31.2. The van der Waals surface area contributed by atoms with Gasteiger partial charge in [0, 0.05) is 6.92 Å². The highest BCUT2D eigenvalue weighted by molar-refractivity contribution is 5.96. The Morgan fingerprint density at radius 1 is 0.617 bits per heavy atom. The van der Waals surface area contributed by atoms with Gasteiger partial charge in [-0.1, -0.05) is 66.0 Å². The summed E-state index contributed by atoms with van der Waals surface area (Å²) in [6.07, 6.45) is 7.45. The zero-order chi connectivity index (χ0) is 36.8. The molecule has 1 aromatic carbocycles. The molecule has 0 radical (unpaired) electrons. The monoisotopic (exact) mass is 660 g/mol. The lowest BCUT2D eigenvalue weighted by Gasteiger charge is -2.23. The van der Waals surface area contributed by atoms with Crippen molar-refractivity contribution in [1.29, 1.82) is 0 Å². The molecule has 0 bridgehead atoms. The van der Waals surface area contributed by atoms with E-state index in [1.807, 2.05) is 39.8 Å². The smallest absolute Gasteiger partial charge is 0.345 e. The first-order valence-corrected chi connectivity index (χ1v) is 16.8. The summed E-state index contributed by atoms with van der Waals surface area (Å²) in [6.45, 7) is 23.8. The molecule has 1 fully saturated rings. The molecule has 1 saturated carbocycles. The summed E-state index contributed by atoms with van der Waals surface area (Å²) in [7, 11) is 0. The Hall–Kier alpha value is -3.36. The maximum atomic E-state index is 11.7. The number of ether oxygens (including phenoxy) is 3. The molecule has 1 aromatic rings. The van der Waals surface area contributed by atoms with E-state index < -0.39 is 40.1 Å². The predicted octanol–water partition coefficient (Wildman–Crippen LogP) is 8.69. The Kier molecular flexibility index (Phi) is 17.5. The van der Waals surface area contributed by atoms with Crippen molar-refractivity contribution in [2.24, 2.45) is 22.2 Å². The zero-order valence-corrected chi connectivity index (χ0v) is 31.2. The van der Waals surface area contributed by atoms with Crippen LogP contribution in [-0.4, -0.2) is 35.8 Å². The topological polar surface area (TPSA) is 130 Å². The molecular weight excluding hydrogens is 600 g/mol. The minimum atomic E-state index is -0.626. The average Bonchev–Trinajstić information content (AvgIpc) is 3.01. The van der Waals surface area contributed by atoms with Crippen LogP contribution in [0.5, 0.6) is 0 Å². The SMILES string of the molecule is CCC(C)(C)C(=O)OC(=O)C(C)(C)C.CCC(C)(C)C(=O)OC(=O)C1CCCCC1.CCC(C)(C)c1ccc(C(=O)OC(C)=O)cc1. The van der Waals surface area contributed by atoms with E-state index in [0.29, 0.717) is 18.4 Å². The van der Waals surface area contributed by atoms with E-state index in [1.54, 1.807) is 46.8 Å². The van der Waals surface area contributed by atoms with E-state index in [4.69, 9.17) is 9.47 Å². The number of benzene rings is 1. The van der Waals surface area contributed by atoms with E-state index in [2.05, 4.69) is 25.5 Å². The molecule has 266 valence electrons. The highest BCUT2D eigenvalue weighted by Gasteiger charge is 2.34. The van der Waals surface area contributed by atoms with Crippen LogP contribution in [0.4, 0.5) is 0 Å². The van der Waals surface area contributed by atoms with Crippen molar-refractivity contribution in [1.82, 2.24) is 0 Å². The summed E-state index contributed by atoms with van der Waals surface area (Å²) in [5.74, 6) is -2.85. The Morgan fingerprint density at radius 2 is 1.06 bits per heavy atom. The van der Waals surface area contributed by atoms with Gasteiger partial charge in [-0.3, -0.25) is 24.0 Å². The second-order valence-electron chi connectivity index (χ2n) is 15.1. The molecule has 0 unspecified atom stereocenters. The number of esters is 6. The number of carbonyl (C=O) groups is 6. The highest BCUT2D eigenvalue weighted by Crippen LogP contribution is 2.28. The first-order chi connectivity index (χ1) is 21.4. The van der Waals surface area contributed by atoms with Gasteiger partial charge in [0.25, 0.3) is 0 Å². The Labute approximate surface area is 282 Å². The van der Waals surface area contributed by atoms with Gasteiger partial charge in [-0.05, 0) is 104 Å². The van der Waals surface area contributed by atoms with Gasteiger partial charge in [0.15, 0.2) is 0 Å². The van der Waals surface area contributed by atoms with E-state index in [9.17, 15) is 28.8 Å². The molecule has 2 rings (SSSR count). The molecule has 0 spiro atoms. The van der Waals surface area contributed by atoms with E-state index >= 15 is 0 Å². The third-order valence-corrected chi connectivity index (χ3v) is 8.82. The quantitative estimate of drug-likeness (QED) is 0.153. The third kappa shape index (κ3) is 15.4. The Morgan fingerprint density at radius 3 is 1.45 bits per heavy atom. The first-order valence-electron chi connectivity index (χ1n) is 16.8. The number of rotatable bonds is 8. The maximum absolute atomic E-state index is 11.7. The van der Waals surface area contributed by atoms with Gasteiger partial charge in [-0.15, -0.1) is 0 Å². The Bertz CT molecular complexity index is 1210. The van der Waals surface area contributed by atoms with Crippen LogP contribution in [0.1, 0.15) is 157 Å². The minimum Gasteiger partial charge on any atom is -0.393 e. The van der Waals surface area contributed by atoms with Crippen molar-refractivity contribution < 1.29 is 43.0 Å². The summed E-state index contributed by atoms with van der Waals surface area (Å²) >= 11 is 0. The molecule has 9 nitrogen and oxygen atoms in total. The van der Waals surface area contributed by atoms with Crippen LogP contribution >= 0.6 is 0 Å². The van der Waals surface area contributed by atoms with Gasteiger partial charge in [-0.2, -0.15) is 0 Å². The summed E-state index contributed by atoms with van der Waals surface area (Å²) in [5.41, 5.74) is -0.108. The molecule has 0 heterocycles.